The van der Waals surface area contributed by atoms with Gasteiger partial charge in [-0.25, -0.2) is 0 Å². The van der Waals surface area contributed by atoms with Crippen LogP contribution in [0.25, 0.3) is 0 Å². The fraction of sp³-hybridized carbons (Fsp3) is 0.529. The van der Waals surface area contributed by atoms with Crippen molar-refractivity contribution in [1.29, 1.82) is 0 Å². The fourth-order valence-corrected chi connectivity index (χ4v) is 3.40. The van der Waals surface area contributed by atoms with Crippen LogP contribution in [0.1, 0.15) is 41.9 Å². The summed E-state index contributed by atoms with van der Waals surface area (Å²) in [6, 6.07) is 3.71. The Morgan fingerprint density at radius 2 is 1.95 bits per heavy atom. The third-order valence-electron chi connectivity index (χ3n) is 4.88. The predicted octanol–water partition coefficient (Wildman–Crippen LogP) is 2.15. The standard InChI is InChI=1S/C17H21NO4/c1-9-6-12-13(8-22-15(12)7-10(9)2)16(19)18-14-5-3-4-11(14)17(20)21/h6-7,11,13-14H,3-5,8H2,1-2H3,(H,18,19)(H,20,21)/t11-,13?,14+/m0/s1. The topological polar surface area (TPSA) is 75.6 Å². The lowest BCUT2D eigenvalue weighted by Gasteiger charge is -2.19. The van der Waals surface area contributed by atoms with Gasteiger partial charge in [0.25, 0.3) is 0 Å². The molecular weight excluding hydrogens is 282 g/mol. The second-order valence-electron chi connectivity index (χ2n) is 6.33. The van der Waals surface area contributed by atoms with Crippen LogP contribution < -0.4 is 10.1 Å². The third-order valence-corrected chi connectivity index (χ3v) is 4.88. The molecule has 1 amide bonds. The van der Waals surface area contributed by atoms with Crippen molar-refractivity contribution in [2.45, 2.75) is 45.1 Å². The van der Waals surface area contributed by atoms with Gasteiger partial charge < -0.3 is 15.2 Å². The van der Waals surface area contributed by atoms with Crippen LogP contribution in [0.3, 0.4) is 0 Å². The van der Waals surface area contributed by atoms with E-state index < -0.39 is 11.9 Å². The van der Waals surface area contributed by atoms with E-state index in [1.54, 1.807) is 0 Å². The monoisotopic (exact) mass is 303 g/mol. The van der Waals surface area contributed by atoms with Crippen molar-refractivity contribution >= 4 is 11.9 Å². The molecule has 1 aromatic carbocycles. The number of carbonyl (C=O) groups excluding carboxylic acids is 1. The number of fused-ring (bicyclic) bond motifs is 1. The van der Waals surface area contributed by atoms with Gasteiger partial charge in [-0.1, -0.05) is 12.5 Å². The molecule has 0 bridgehead atoms. The molecule has 5 heteroatoms. The predicted molar refractivity (Wildman–Crippen MR) is 81.1 cm³/mol. The Balaban J connectivity index is 1.75. The number of hydrogen-bond acceptors (Lipinski definition) is 3. The van der Waals surface area contributed by atoms with E-state index in [9.17, 15) is 14.7 Å². The number of carbonyl (C=O) groups is 2. The minimum atomic E-state index is -0.822. The van der Waals surface area contributed by atoms with Crippen LogP contribution >= 0.6 is 0 Å². The summed E-state index contributed by atoms with van der Waals surface area (Å²) in [4.78, 5) is 23.8. The molecule has 1 heterocycles. The van der Waals surface area contributed by atoms with Crippen molar-refractivity contribution in [1.82, 2.24) is 5.32 Å². The van der Waals surface area contributed by atoms with Crippen LogP contribution in [0.5, 0.6) is 5.75 Å². The Morgan fingerprint density at radius 3 is 2.68 bits per heavy atom. The first kappa shape index (κ1) is 14.9. The molecule has 0 spiro atoms. The maximum atomic E-state index is 12.5. The maximum Gasteiger partial charge on any atom is 0.308 e. The number of carboxylic acid groups (broad SMARTS) is 1. The Morgan fingerprint density at radius 1 is 1.23 bits per heavy atom. The van der Waals surface area contributed by atoms with E-state index in [0.29, 0.717) is 13.0 Å². The Kier molecular flexibility index (Phi) is 3.81. The van der Waals surface area contributed by atoms with Crippen LogP contribution in [0, 0.1) is 19.8 Å². The quantitative estimate of drug-likeness (QED) is 0.897. The molecule has 0 radical (unpaired) electrons. The number of ether oxygens (including phenoxy) is 1. The van der Waals surface area contributed by atoms with Gasteiger partial charge in [-0.2, -0.15) is 0 Å². The summed E-state index contributed by atoms with van der Waals surface area (Å²) in [5, 5.41) is 12.1. The molecule has 0 saturated heterocycles. The van der Waals surface area contributed by atoms with E-state index >= 15 is 0 Å². The number of benzene rings is 1. The molecule has 3 atom stereocenters. The normalized spacial score (nSPS) is 26.4. The molecule has 1 aliphatic heterocycles. The molecule has 118 valence electrons. The van der Waals surface area contributed by atoms with Crippen LogP contribution in [-0.4, -0.2) is 29.6 Å². The van der Waals surface area contributed by atoms with Gasteiger partial charge in [-0.05, 0) is 43.9 Å². The highest BCUT2D eigenvalue weighted by molar-refractivity contribution is 5.86. The molecule has 2 N–H and O–H groups in total. The lowest BCUT2D eigenvalue weighted by atomic mass is 9.95. The Bertz CT molecular complexity index is 625. The summed E-state index contributed by atoms with van der Waals surface area (Å²) in [5.74, 6) is -0.989. The average Bonchev–Trinajstić information content (AvgIpc) is 3.06. The van der Waals surface area contributed by atoms with Crippen molar-refractivity contribution in [3.8, 4) is 5.75 Å². The lowest BCUT2D eigenvalue weighted by Crippen LogP contribution is -2.42. The highest BCUT2D eigenvalue weighted by atomic mass is 16.5. The Hall–Kier alpha value is -2.04. The van der Waals surface area contributed by atoms with Crippen molar-refractivity contribution < 1.29 is 19.4 Å². The van der Waals surface area contributed by atoms with E-state index in [0.717, 1.165) is 35.3 Å². The zero-order chi connectivity index (χ0) is 15.9. The van der Waals surface area contributed by atoms with Gasteiger partial charge in [0.15, 0.2) is 0 Å². The number of hydrogen-bond donors (Lipinski definition) is 2. The number of aliphatic carboxylic acids is 1. The molecule has 0 aromatic heterocycles. The lowest BCUT2D eigenvalue weighted by molar-refractivity contribution is -0.142. The number of carboxylic acids is 1. The second-order valence-corrected chi connectivity index (χ2v) is 6.33. The van der Waals surface area contributed by atoms with E-state index in [-0.39, 0.29) is 17.9 Å². The summed E-state index contributed by atoms with van der Waals surface area (Å²) < 4.78 is 5.63. The molecular formula is C17H21NO4. The molecule has 22 heavy (non-hydrogen) atoms. The first-order valence-corrected chi connectivity index (χ1v) is 7.74. The molecule has 2 aliphatic rings. The highest BCUT2D eigenvalue weighted by Crippen LogP contribution is 2.36. The molecule has 1 unspecified atom stereocenters. The molecule has 1 aliphatic carbocycles. The van der Waals surface area contributed by atoms with Crippen LogP contribution in [0.4, 0.5) is 0 Å². The SMILES string of the molecule is Cc1cc2c(cc1C)C(C(=O)N[C@@H]1CCC[C@@H]1C(=O)O)CO2. The minimum absolute atomic E-state index is 0.125. The van der Waals surface area contributed by atoms with Crippen molar-refractivity contribution in [3.05, 3.63) is 28.8 Å². The van der Waals surface area contributed by atoms with E-state index in [1.807, 2.05) is 26.0 Å². The van der Waals surface area contributed by atoms with Gasteiger partial charge in [0.2, 0.25) is 5.91 Å². The van der Waals surface area contributed by atoms with Gasteiger partial charge in [0.05, 0.1) is 5.92 Å². The van der Waals surface area contributed by atoms with Gasteiger partial charge in [0.1, 0.15) is 18.3 Å². The first-order chi connectivity index (χ1) is 10.5. The zero-order valence-corrected chi connectivity index (χ0v) is 12.9. The number of amides is 1. The summed E-state index contributed by atoms with van der Waals surface area (Å²) in [5.41, 5.74) is 3.18. The molecule has 5 nitrogen and oxygen atoms in total. The van der Waals surface area contributed by atoms with Crippen molar-refractivity contribution in [3.63, 3.8) is 0 Å². The zero-order valence-electron chi connectivity index (χ0n) is 12.9. The fourth-order valence-electron chi connectivity index (χ4n) is 3.40. The van der Waals surface area contributed by atoms with E-state index in [1.165, 1.54) is 0 Å². The van der Waals surface area contributed by atoms with Crippen molar-refractivity contribution in [2.75, 3.05) is 6.61 Å². The third kappa shape index (κ3) is 2.56. The van der Waals surface area contributed by atoms with Gasteiger partial charge in [0, 0.05) is 11.6 Å². The van der Waals surface area contributed by atoms with Gasteiger partial charge in [-0.15, -0.1) is 0 Å². The van der Waals surface area contributed by atoms with Gasteiger partial charge in [-0.3, -0.25) is 9.59 Å². The van der Waals surface area contributed by atoms with Crippen LogP contribution in [0.15, 0.2) is 12.1 Å². The van der Waals surface area contributed by atoms with E-state index in [2.05, 4.69) is 5.32 Å². The van der Waals surface area contributed by atoms with E-state index in [4.69, 9.17) is 4.74 Å². The molecule has 1 fully saturated rings. The highest BCUT2D eigenvalue weighted by Gasteiger charge is 2.37. The first-order valence-electron chi connectivity index (χ1n) is 7.74. The Labute approximate surface area is 129 Å². The largest absolute Gasteiger partial charge is 0.492 e. The van der Waals surface area contributed by atoms with Crippen molar-refractivity contribution in [2.24, 2.45) is 5.92 Å². The smallest absolute Gasteiger partial charge is 0.308 e. The molecule has 3 rings (SSSR count). The second kappa shape index (κ2) is 5.63. The number of aryl methyl sites for hydroxylation is 2. The number of rotatable bonds is 3. The van der Waals surface area contributed by atoms with Gasteiger partial charge >= 0.3 is 5.97 Å². The summed E-state index contributed by atoms with van der Waals surface area (Å²) >= 11 is 0. The van der Waals surface area contributed by atoms with Crippen LogP contribution in [-0.2, 0) is 9.59 Å². The average molecular weight is 303 g/mol. The van der Waals surface area contributed by atoms with Crippen LogP contribution in [0.2, 0.25) is 0 Å². The summed E-state index contributed by atoms with van der Waals surface area (Å²) in [6.45, 7) is 4.36. The minimum Gasteiger partial charge on any atom is -0.492 e. The maximum absolute atomic E-state index is 12.5. The summed E-state index contributed by atoms with van der Waals surface area (Å²) in [6.07, 6.45) is 2.21. The molecule has 1 saturated carbocycles. The number of nitrogens with one attached hydrogen (secondary N) is 1. The summed E-state index contributed by atoms with van der Waals surface area (Å²) in [7, 11) is 0. The molecule has 1 aromatic rings.